The summed E-state index contributed by atoms with van der Waals surface area (Å²) in [5.41, 5.74) is 0.631. The molecule has 0 radical (unpaired) electrons. The van der Waals surface area contributed by atoms with Gasteiger partial charge in [-0.2, -0.15) is 0 Å². The Morgan fingerprint density at radius 3 is 2.77 bits per heavy atom. The van der Waals surface area contributed by atoms with E-state index in [1.165, 1.54) is 0 Å². The zero-order valence-electron chi connectivity index (χ0n) is 8.87. The fourth-order valence-electron chi connectivity index (χ4n) is 1.12. The Kier molecular flexibility index (Phi) is 3.52. The molecule has 0 saturated carbocycles. The average molecular weight is 250 g/mol. The molecular formula is C9H8BrMgNO. The molecule has 2 aromatic rings. The monoisotopic (exact) mass is 249 g/mol. The number of aromatic hydroxyl groups is 1. The molecule has 2 nitrogen and oxygen atoms in total. The van der Waals surface area contributed by atoms with Crippen LogP contribution in [0.25, 0.3) is 10.9 Å². The number of benzene rings is 1. The van der Waals surface area contributed by atoms with Crippen molar-refractivity contribution in [3.8, 4) is 5.75 Å². The maximum absolute atomic E-state index is 9.41. The van der Waals surface area contributed by atoms with Crippen molar-refractivity contribution in [1.29, 1.82) is 0 Å². The molecule has 4 heteroatoms. The van der Waals surface area contributed by atoms with Crippen molar-refractivity contribution in [3.05, 3.63) is 34.9 Å². The molecule has 0 saturated heterocycles. The summed E-state index contributed by atoms with van der Waals surface area (Å²) in [6.07, 6.45) is 1.66. The topological polar surface area (TPSA) is 33.1 Å². The first kappa shape index (κ1) is 10.8. The van der Waals surface area contributed by atoms with Gasteiger partial charge in [-0.1, -0.05) is 22.0 Å². The van der Waals surface area contributed by atoms with Crippen LogP contribution < -0.4 is 0 Å². The van der Waals surface area contributed by atoms with Crippen LogP contribution in [0.1, 0.15) is 2.85 Å². The fraction of sp³-hybridized carbons (Fsp3) is 0. The van der Waals surface area contributed by atoms with Gasteiger partial charge in [0.1, 0.15) is 11.3 Å². The minimum absolute atomic E-state index is 0. The van der Waals surface area contributed by atoms with Crippen LogP contribution in [-0.2, 0) is 0 Å². The smallest absolute Gasteiger partial charge is 1.00 e. The number of fused-ring (bicyclic) bond motifs is 1. The zero-order valence-corrected chi connectivity index (χ0v) is 9.87. The maximum Gasteiger partial charge on any atom is 2.00 e. The Balaban J connectivity index is 0. The number of nitrogens with zero attached hydrogens (tertiary/aromatic N) is 1. The third-order valence-corrected chi connectivity index (χ3v) is 2.39. The molecule has 0 unspecified atom stereocenters. The molecule has 0 aliphatic heterocycles. The molecule has 0 aliphatic carbocycles. The van der Waals surface area contributed by atoms with E-state index < -0.39 is 0 Å². The Labute approximate surface area is 103 Å². The maximum atomic E-state index is 9.41. The summed E-state index contributed by atoms with van der Waals surface area (Å²) < 4.78 is 0.948. The molecule has 1 heterocycles. The first-order valence-electron chi connectivity index (χ1n) is 3.51. The van der Waals surface area contributed by atoms with E-state index in [0.29, 0.717) is 5.52 Å². The summed E-state index contributed by atoms with van der Waals surface area (Å²) in [5, 5.41) is 10.3. The van der Waals surface area contributed by atoms with Gasteiger partial charge in [0.2, 0.25) is 0 Å². The summed E-state index contributed by atoms with van der Waals surface area (Å²) in [4.78, 5) is 4.06. The van der Waals surface area contributed by atoms with Crippen LogP contribution in [0, 0.1) is 0 Å². The van der Waals surface area contributed by atoms with Crippen molar-refractivity contribution in [3.63, 3.8) is 0 Å². The van der Waals surface area contributed by atoms with E-state index in [4.69, 9.17) is 0 Å². The number of pyridine rings is 1. The molecule has 13 heavy (non-hydrogen) atoms. The first-order valence-corrected chi connectivity index (χ1v) is 4.30. The first-order chi connectivity index (χ1) is 5.79. The molecule has 0 fully saturated rings. The standard InChI is InChI=1S/C9H6BrNO.Mg.2H/c10-7-3-4-8(12)9-6(7)2-1-5-11-9;;;/h1-5,12H;;;/q;+2;2*-1. The third kappa shape index (κ3) is 1.95. The predicted octanol–water partition coefficient (Wildman–Crippen LogP) is 2.55. The minimum Gasteiger partial charge on any atom is -1.00 e. The van der Waals surface area contributed by atoms with Crippen LogP contribution >= 0.6 is 15.9 Å². The van der Waals surface area contributed by atoms with Crippen LogP contribution in [0.4, 0.5) is 0 Å². The SMILES string of the molecule is Oc1ccc(Br)c2cccnc12.[H-].[H-].[Mg+2]. The molecule has 0 spiro atoms. The van der Waals surface area contributed by atoms with Gasteiger partial charge in [0.25, 0.3) is 0 Å². The second kappa shape index (κ2) is 4.26. The molecule has 1 aromatic heterocycles. The van der Waals surface area contributed by atoms with Gasteiger partial charge < -0.3 is 7.96 Å². The average Bonchev–Trinajstić information content (AvgIpc) is 2.12. The van der Waals surface area contributed by atoms with E-state index in [-0.39, 0.29) is 31.7 Å². The number of phenols is 1. The van der Waals surface area contributed by atoms with Crippen molar-refractivity contribution < 1.29 is 7.96 Å². The summed E-state index contributed by atoms with van der Waals surface area (Å²) >= 11 is 3.38. The molecule has 0 bridgehead atoms. The summed E-state index contributed by atoms with van der Waals surface area (Å²) in [5.74, 6) is 0.216. The van der Waals surface area contributed by atoms with Gasteiger partial charge in [0.05, 0.1) is 0 Å². The van der Waals surface area contributed by atoms with E-state index in [0.717, 1.165) is 9.86 Å². The van der Waals surface area contributed by atoms with Crippen molar-refractivity contribution in [1.82, 2.24) is 4.98 Å². The van der Waals surface area contributed by atoms with Crippen molar-refractivity contribution in [2.24, 2.45) is 0 Å². The van der Waals surface area contributed by atoms with Gasteiger partial charge >= 0.3 is 23.1 Å². The van der Waals surface area contributed by atoms with Crippen molar-refractivity contribution in [2.45, 2.75) is 0 Å². The van der Waals surface area contributed by atoms with E-state index >= 15 is 0 Å². The van der Waals surface area contributed by atoms with Gasteiger partial charge in [-0.25, -0.2) is 0 Å². The van der Waals surface area contributed by atoms with E-state index in [9.17, 15) is 5.11 Å². The van der Waals surface area contributed by atoms with Gasteiger partial charge in [0, 0.05) is 16.1 Å². The Bertz CT molecular complexity index is 401. The van der Waals surface area contributed by atoms with Crippen LogP contribution in [0.5, 0.6) is 5.75 Å². The molecule has 1 N–H and O–H groups in total. The summed E-state index contributed by atoms with van der Waals surface area (Å²) in [7, 11) is 0. The largest absolute Gasteiger partial charge is 2.00 e. The van der Waals surface area contributed by atoms with Gasteiger partial charge in [-0.3, -0.25) is 4.98 Å². The van der Waals surface area contributed by atoms with Crippen LogP contribution in [0.2, 0.25) is 0 Å². The number of hydrogen-bond acceptors (Lipinski definition) is 2. The van der Waals surface area contributed by atoms with Gasteiger partial charge in [-0.15, -0.1) is 0 Å². The summed E-state index contributed by atoms with van der Waals surface area (Å²) in [6, 6.07) is 7.18. The second-order valence-corrected chi connectivity index (χ2v) is 3.32. The molecule has 1 aromatic carbocycles. The molecule has 0 aliphatic rings. The zero-order chi connectivity index (χ0) is 8.55. The third-order valence-electron chi connectivity index (χ3n) is 1.70. The van der Waals surface area contributed by atoms with Crippen LogP contribution in [0.3, 0.4) is 0 Å². The number of hydrogen-bond donors (Lipinski definition) is 1. The Hall–Kier alpha value is -0.324. The van der Waals surface area contributed by atoms with Gasteiger partial charge in [0.15, 0.2) is 0 Å². The predicted molar refractivity (Wildman–Crippen MR) is 59.1 cm³/mol. The van der Waals surface area contributed by atoms with Crippen LogP contribution in [-0.4, -0.2) is 33.1 Å². The molecule has 0 atom stereocenters. The number of halogens is 1. The molecule has 0 amide bonds. The Morgan fingerprint density at radius 2 is 2.08 bits per heavy atom. The molecule has 64 valence electrons. The quantitative estimate of drug-likeness (QED) is 0.729. The van der Waals surface area contributed by atoms with Gasteiger partial charge in [-0.05, 0) is 18.2 Å². The van der Waals surface area contributed by atoms with Crippen molar-refractivity contribution in [2.75, 3.05) is 0 Å². The number of aromatic nitrogens is 1. The van der Waals surface area contributed by atoms with E-state index in [2.05, 4.69) is 20.9 Å². The molecule has 2 rings (SSSR count). The number of phenolic OH excluding ortho intramolecular Hbond substituents is 1. The minimum atomic E-state index is 0. The fourth-order valence-corrected chi connectivity index (χ4v) is 1.58. The van der Waals surface area contributed by atoms with Crippen molar-refractivity contribution >= 4 is 49.9 Å². The summed E-state index contributed by atoms with van der Waals surface area (Å²) in [6.45, 7) is 0. The normalized spacial score (nSPS) is 9.62. The Morgan fingerprint density at radius 1 is 1.31 bits per heavy atom. The number of rotatable bonds is 0. The second-order valence-electron chi connectivity index (χ2n) is 2.47. The van der Waals surface area contributed by atoms with Crippen LogP contribution in [0.15, 0.2) is 34.9 Å². The van der Waals surface area contributed by atoms with E-state index in [1.807, 2.05) is 12.1 Å². The van der Waals surface area contributed by atoms with E-state index in [1.54, 1.807) is 18.3 Å². The molecular weight excluding hydrogens is 242 g/mol.